The van der Waals surface area contributed by atoms with Crippen molar-refractivity contribution in [3.8, 4) is 0 Å². The van der Waals surface area contributed by atoms with Crippen LogP contribution in [0.1, 0.15) is 36.0 Å². The summed E-state index contributed by atoms with van der Waals surface area (Å²) in [6.07, 6.45) is 3.45. The molecule has 0 bridgehead atoms. The van der Waals surface area contributed by atoms with Gasteiger partial charge in [-0.3, -0.25) is 4.79 Å². The molecular weight excluding hydrogens is 408 g/mol. The number of carbonyl (C=O) groups is 2. The minimum atomic E-state index is -3.78. The molecule has 3 aliphatic rings. The summed E-state index contributed by atoms with van der Waals surface area (Å²) in [6, 6.07) is 5.66. The summed E-state index contributed by atoms with van der Waals surface area (Å²) < 4.78 is 28.7. The predicted molar refractivity (Wildman–Crippen MR) is 109 cm³/mol. The standard InChI is InChI=1S/C20H28N4O5S/c1-23-19-16(3-2-12-29-19)17(22-20(23)26)13-8-10-24(11-9-13)18(25)14-4-6-15(7-5-14)30(21,27)28/h4-7,13,16-17,19H,2-3,8-12H2,1H3,(H,22,26)(H2,21,27,28)/t16-,17-,19-/m0/s1. The van der Waals surface area contributed by atoms with Gasteiger partial charge in [0.25, 0.3) is 5.91 Å². The Hall–Kier alpha value is -2.17. The number of amides is 3. The number of carbonyl (C=O) groups excluding carboxylic acids is 2. The lowest BCUT2D eigenvalue weighted by molar-refractivity contribution is -0.123. The Bertz CT molecular complexity index is 912. The number of fused-ring (bicyclic) bond motifs is 1. The van der Waals surface area contributed by atoms with Crippen molar-refractivity contribution in [1.29, 1.82) is 0 Å². The fourth-order valence-electron chi connectivity index (χ4n) is 4.91. The third-order valence-corrected chi connectivity index (χ3v) is 7.48. The number of sulfonamides is 1. The van der Waals surface area contributed by atoms with Gasteiger partial charge >= 0.3 is 6.03 Å². The van der Waals surface area contributed by atoms with Gasteiger partial charge in [0.15, 0.2) is 0 Å². The molecule has 9 nitrogen and oxygen atoms in total. The lowest BCUT2D eigenvalue weighted by Crippen LogP contribution is -2.65. The van der Waals surface area contributed by atoms with E-state index in [-0.39, 0.29) is 35.0 Å². The van der Waals surface area contributed by atoms with E-state index < -0.39 is 10.0 Å². The van der Waals surface area contributed by atoms with E-state index in [2.05, 4.69) is 5.32 Å². The average Bonchev–Trinajstić information content (AvgIpc) is 2.75. The smallest absolute Gasteiger partial charge is 0.319 e. The lowest BCUT2D eigenvalue weighted by Gasteiger charge is -2.49. The zero-order valence-electron chi connectivity index (χ0n) is 17.0. The summed E-state index contributed by atoms with van der Waals surface area (Å²) in [5.41, 5.74) is 0.439. The van der Waals surface area contributed by atoms with E-state index in [1.165, 1.54) is 24.3 Å². The van der Waals surface area contributed by atoms with Crippen molar-refractivity contribution in [2.24, 2.45) is 17.0 Å². The van der Waals surface area contributed by atoms with E-state index in [1.807, 2.05) is 0 Å². The summed E-state index contributed by atoms with van der Waals surface area (Å²) >= 11 is 0. The van der Waals surface area contributed by atoms with Crippen LogP contribution in [0.25, 0.3) is 0 Å². The second-order valence-corrected chi connectivity index (χ2v) is 9.91. The maximum absolute atomic E-state index is 12.8. The highest BCUT2D eigenvalue weighted by Crippen LogP contribution is 2.36. The second kappa shape index (κ2) is 8.16. The number of ether oxygens (including phenoxy) is 1. The van der Waals surface area contributed by atoms with Gasteiger partial charge in [0, 0.05) is 44.3 Å². The van der Waals surface area contributed by atoms with Crippen LogP contribution >= 0.6 is 0 Å². The second-order valence-electron chi connectivity index (χ2n) is 8.35. The number of likely N-dealkylation sites (tertiary alicyclic amines) is 1. The topological polar surface area (TPSA) is 122 Å². The summed E-state index contributed by atoms with van der Waals surface area (Å²) in [4.78, 5) is 28.6. The van der Waals surface area contributed by atoms with Crippen LogP contribution in [0.5, 0.6) is 0 Å². The minimum absolute atomic E-state index is 0.0139. The molecule has 3 atom stereocenters. The van der Waals surface area contributed by atoms with E-state index in [0.29, 0.717) is 31.2 Å². The molecule has 3 N–H and O–H groups in total. The molecule has 3 aliphatic heterocycles. The normalized spacial score (nSPS) is 28.1. The molecule has 0 saturated carbocycles. The molecule has 3 saturated heterocycles. The molecule has 4 rings (SSSR count). The van der Waals surface area contributed by atoms with E-state index in [4.69, 9.17) is 9.88 Å². The van der Waals surface area contributed by atoms with Gasteiger partial charge in [0.1, 0.15) is 6.23 Å². The van der Waals surface area contributed by atoms with E-state index in [0.717, 1.165) is 25.7 Å². The first-order valence-electron chi connectivity index (χ1n) is 10.3. The van der Waals surface area contributed by atoms with Gasteiger partial charge in [-0.2, -0.15) is 0 Å². The highest BCUT2D eigenvalue weighted by Gasteiger charge is 2.45. The first-order chi connectivity index (χ1) is 14.3. The van der Waals surface area contributed by atoms with Gasteiger partial charge in [0.05, 0.1) is 4.90 Å². The van der Waals surface area contributed by atoms with Crippen LogP contribution in [-0.2, 0) is 14.8 Å². The number of nitrogens with two attached hydrogens (primary N) is 1. The Balaban J connectivity index is 1.40. The van der Waals surface area contributed by atoms with Gasteiger partial charge in [-0.25, -0.2) is 18.4 Å². The van der Waals surface area contributed by atoms with E-state index >= 15 is 0 Å². The Labute approximate surface area is 176 Å². The molecule has 10 heteroatoms. The van der Waals surface area contributed by atoms with Crippen molar-refractivity contribution in [2.75, 3.05) is 26.7 Å². The first-order valence-corrected chi connectivity index (χ1v) is 11.9. The van der Waals surface area contributed by atoms with Crippen molar-refractivity contribution >= 4 is 22.0 Å². The van der Waals surface area contributed by atoms with Crippen molar-refractivity contribution < 1.29 is 22.7 Å². The average molecular weight is 437 g/mol. The number of urea groups is 1. The number of piperidine rings is 1. The summed E-state index contributed by atoms with van der Waals surface area (Å²) in [5.74, 6) is 0.436. The maximum atomic E-state index is 12.8. The van der Waals surface area contributed by atoms with Gasteiger partial charge in [-0.05, 0) is 55.9 Å². The maximum Gasteiger partial charge on any atom is 0.319 e. The molecular formula is C20H28N4O5S. The van der Waals surface area contributed by atoms with Crippen molar-refractivity contribution in [3.63, 3.8) is 0 Å². The van der Waals surface area contributed by atoms with Crippen LogP contribution < -0.4 is 10.5 Å². The summed E-state index contributed by atoms with van der Waals surface area (Å²) in [5, 5.41) is 8.28. The number of nitrogens with zero attached hydrogens (tertiary/aromatic N) is 2. The van der Waals surface area contributed by atoms with Crippen LogP contribution in [0.15, 0.2) is 29.2 Å². The van der Waals surface area contributed by atoms with Gasteiger partial charge in [-0.15, -0.1) is 0 Å². The predicted octanol–water partition coefficient (Wildman–Crippen LogP) is 0.963. The molecule has 164 valence electrons. The molecule has 1 aromatic rings. The molecule has 3 amide bonds. The molecule has 0 aliphatic carbocycles. The molecule has 0 radical (unpaired) electrons. The number of primary sulfonamides is 1. The molecule has 30 heavy (non-hydrogen) atoms. The number of benzene rings is 1. The zero-order chi connectivity index (χ0) is 21.5. The molecule has 0 unspecified atom stereocenters. The fraction of sp³-hybridized carbons (Fsp3) is 0.600. The Morgan fingerprint density at radius 2 is 1.83 bits per heavy atom. The third kappa shape index (κ3) is 4.03. The zero-order valence-corrected chi connectivity index (χ0v) is 17.8. The monoisotopic (exact) mass is 436 g/mol. The number of hydrogen-bond donors (Lipinski definition) is 2. The quantitative estimate of drug-likeness (QED) is 0.731. The highest BCUT2D eigenvalue weighted by atomic mass is 32.2. The highest BCUT2D eigenvalue weighted by molar-refractivity contribution is 7.89. The first kappa shape index (κ1) is 21.1. The van der Waals surface area contributed by atoms with Crippen LogP contribution in [0, 0.1) is 11.8 Å². The fourth-order valence-corrected chi connectivity index (χ4v) is 5.43. The van der Waals surface area contributed by atoms with E-state index in [9.17, 15) is 18.0 Å². The van der Waals surface area contributed by atoms with Crippen molar-refractivity contribution in [3.05, 3.63) is 29.8 Å². The van der Waals surface area contributed by atoms with Crippen LogP contribution in [0.3, 0.4) is 0 Å². The third-order valence-electron chi connectivity index (χ3n) is 6.55. The van der Waals surface area contributed by atoms with Gasteiger partial charge < -0.3 is 19.9 Å². The Morgan fingerprint density at radius 1 is 1.17 bits per heavy atom. The summed E-state index contributed by atoms with van der Waals surface area (Å²) in [6.45, 7) is 1.88. The number of nitrogens with one attached hydrogen (secondary N) is 1. The van der Waals surface area contributed by atoms with E-state index in [1.54, 1.807) is 16.8 Å². The largest absolute Gasteiger partial charge is 0.358 e. The minimum Gasteiger partial charge on any atom is -0.358 e. The van der Waals surface area contributed by atoms with Crippen LogP contribution in [0.2, 0.25) is 0 Å². The molecule has 0 spiro atoms. The molecule has 3 fully saturated rings. The van der Waals surface area contributed by atoms with Crippen LogP contribution in [0.4, 0.5) is 4.79 Å². The molecule has 1 aromatic carbocycles. The van der Waals surface area contributed by atoms with Gasteiger partial charge in [0.2, 0.25) is 10.0 Å². The number of rotatable bonds is 3. The molecule has 0 aromatic heterocycles. The number of hydrogen-bond acceptors (Lipinski definition) is 5. The van der Waals surface area contributed by atoms with Crippen molar-refractivity contribution in [2.45, 2.75) is 42.8 Å². The van der Waals surface area contributed by atoms with Gasteiger partial charge in [-0.1, -0.05) is 0 Å². The molecule has 3 heterocycles. The SMILES string of the molecule is CN1C(=O)N[C@@H](C2CCN(C(=O)c3ccc(S(N)(=O)=O)cc3)CC2)[C@@H]2CCCO[C@@H]21. The van der Waals surface area contributed by atoms with Crippen LogP contribution in [-0.4, -0.2) is 69.2 Å². The summed E-state index contributed by atoms with van der Waals surface area (Å²) in [7, 11) is -2.01. The lowest BCUT2D eigenvalue weighted by atomic mass is 9.77. The van der Waals surface area contributed by atoms with Crippen molar-refractivity contribution in [1.82, 2.24) is 15.1 Å². The Morgan fingerprint density at radius 3 is 2.47 bits per heavy atom. The Kier molecular flexibility index (Phi) is 5.73.